The first kappa shape index (κ1) is 52.2. The number of carbonyl (C=O) groups excluding carboxylic acids is 2. The first-order valence-corrected chi connectivity index (χ1v) is 23.8. The van der Waals surface area contributed by atoms with Gasteiger partial charge >= 0.3 is 11.9 Å². The van der Waals surface area contributed by atoms with Gasteiger partial charge in [-0.1, -0.05) is 38.8 Å². The molecule has 370 valence electrons. The maximum absolute atomic E-state index is 14.2. The molecule has 0 spiro atoms. The van der Waals surface area contributed by atoms with Crippen molar-refractivity contribution in [3.8, 4) is 45.4 Å². The van der Waals surface area contributed by atoms with Crippen molar-refractivity contribution >= 4 is 61.1 Å². The number of aromatic nitrogens is 2. The number of amides is 1. The average Bonchev–Trinajstić information content (AvgIpc) is 3.93. The van der Waals surface area contributed by atoms with Crippen LogP contribution in [0.1, 0.15) is 63.0 Å². The van der Waals surface area contributed by atoms with E-state index in [2.05, 4.69) is 37.2 Å². The number of nitrogen functional groups attached to an aromatic ring is 1. The summed E-state index contributed by atoms with van der Waals surface area (Å²) >= 11 is 6.99. The lowest BCUT2D eigenvalue weighted by Gasteiger charge is -2.18. The SMILES string of the molecule is CCCC(=O)Nc1cc(C(=O)O)cc(-n2c(C)ccc2-c2cc(Br)ccc2OCc2ccc(F)cc2F)c1.COC(=O)c1cc(N)cc(-n2c(C)ccc2-c2cc(Br)ccc2OCc2ccc(F)cc2F)c1. The topological polar surface area (TPSA) is 147 Å². The number of benzene rings is 6. The fourth-order valence-electron chi connectivity index (χ4n) is 7.81. The van der Waals surface area contributed by atoms with Gasteiger partial charge in [-0.05, 0) is 142 Å². The number of hydrogen-bond donors (Lipinski definition) is 3. The summed E-state index contributed by atoms with van der Waals surface area (Å²) in [4.78, 5) is 36.2. The van der Waals surface area contributed by atoms with Crippen molar-refractivity contribution in [1.29, 1.82) is 0 Å². The first-order chi connectivity index (χ1) is 34.4. The van der Waals surface area contributed by atoms with Crippen molar-refractivity contribution in [1.82, 2.24) is 9.13 Å². The molecule has 2 heterocycles. The minimum Gasteiger partial charge on any atom is -0.488 e. The summed E-state index contributed by atoms with van der Waals surface area (Å²) in [6.07, 6.45) is 0.972. The molecular formula is C55H46Br2F4N4O7. The molecule has 0 saturated heterocycles. The minimum atomic E-state index is -1.13. The molecule has 0 aliphatic carbocycles. The number of halogens is 6. The number of esters is 1. The van der Waals surface area contributed by atoms with Gasteiger partial charge in [0.15, 0.2) is 0 Å². The molecule has 0 aliphatic heterocycles. The van der Waals surface area contributed by atoms with E-state index in [1.54, 1.807) is 42.5 Å². The highest BCUT2D eigenvalue weighted by Crippen LogP contribution is 2.39. The van der Waals surface area contributed by atoms with E-state index in [4.69, 9.17) is 19.9 Å². The summed E-state index contributed by atoms with van der Waals surface area (Å²) in [7, 11) is 1.31. The average molecular weight is 1110 g/mol. The van der Waals surface area contributed by atoms with Crippen molar-refractivity contribution < 1.29 is 51.3 Å². The second-order valence-electron chi connectivity index (χ2n) is 16.4. The van der Waals surface area contributed by atoms with Crippen molar-refractivity contribution in [2.45, 2.75) is 46.8 Å². The maximum Gasteiger partial charge on any atom is 0.337 e. The molecule has 0 radical (unpaired) electrons. The molecule has 6 aromatic carbocycles. The number of rotatable bonds is 15. The maximum atomic E-state index is 14.2. The molecule has 0 unspecified atom stereocenters. The number of hydrogen-bond acceptors (Lipinski definition) is 7. The third-order valence-corrected chi connectivity index (χ3v) is 12.2. The van der Waals surface area contributed by atoms with Gasteiger partial charge in [0.1, 0.15) is 48.0 Å². The Balaban J connectivity index is 0.000000213. The lowest BCUT2D eigenvalue weighted by molar-refractivity contribution is -0.116. The van der Waals surface area contributed by atoms with Gasteiger partial charge in [-0.25, -0.2) is 27.2 Å². The van der Waals surface area contributed by atoms with Crippen LogP contribution in [0.3, 0.4) is 0 Å². The summed E-state index contributed by atoms with van der Waals surface area (Å²) in [6.45, 7) is 5.49. The third-order valence-electron chi connectivity index (χ3n) is 11.2. The number of carboxylic acids is 1. The minimum absolute atomic E-state index is 0.0193. The van der Waals surface area contributed by atoms with Crippen LogP contribution in [0.5, 0.6) is 11.5 Å². The molecule has 8 rings (SSSR count). The molecule has 8 aromatic rings. The quantitative estimate of drug-likeness (QED) is 0.0522. The van der Waals surface area contributed by atoms with Crippen LogP contribution in [-0.4, -0.2) is 39.2 Å². The van der Waals surface area contributed by atoms with Crippen LogP contribution in [-0.2, 0) is 22.7 Å². The fraction of sp³-hybridized carbons (Fsp3) is 0.145. The summed E-state index contributed by atoms with van der Waals surface area (Å²) in [5, 5.41) is 12.5. The van der Waals surface area contributed by atoms with E-state index in [-0.39, 0.29) is 35.8 Å². The molecule has 72 heavy (non-hydrogen) atoms. The molecule has 4 N–H and O–H groups in total. The zero-order valence-corrected chi connectivity index (χ0v) is 42.3. The molecular weight excluding hydrogens is 1060 g/mol. The van der Waals surface area contributed by atoms with Crippen LogP contribution in [0.25, 0.3) is 33.9 Å². The van der Waals surface area contributed by atoms with E-state index in [1.165, 1.54) is 43.5 Å². The molecule has 1 amide bonds. The highest BCUT2D eigenvalue weighted by Gasteiger charge is 2.20. The number of aryl methyl sites for hydroxylation is 2. The third kappa shape index (κ3) is 12.4. The molecule has 11 nitrogen and oxygen atoms in total. The number of carbonyl (C=O) groups is 3. The fourth-order valence-corrected chi connectivity index (χ4v) is 8.54. The predicted molar refractivity (Wildman–Crippen MR) is 275 cm³/mol. The Labute approximate surface area is 429 Å². The van der Waals surface area contributed by atoms with Crippen LogP contribution in [0.15, 0.2) is 142 Å². The lowest BCUT2D eigenvalue weighted by atomic mass is 10.1. The Hall–Kier alpha value is -7.63. The summed E-state index contributed by atoms with van der Waals surface area (Å²) in [6, 6.07) is 34.8. The van der Waals surface area contributed by atoms with Crippen molar-refractivity contribution in [2.75, 3.05) is 18.2 Å². The van der Waals surface area contributed by atoms with Crippen molar-refractivity contribution in [2.24, 2.45) is 0 Å². The van der Waals surface area contributed by atoms with Gasteiger partial charge in [0, 0.05) is 83.9 Å². The van der Waals surface area contributed by atoms with E-state index < -0.39 is 35.2 Å². The van der Waals surface area contributed by atoms with Crippen LogP contribution in [0.2, 0.25) is 0 Å². The standard InChI is InChI=1S/C29H25BrF2N2O4.C26H21BrF2N2O3/c1-3-4-28(35)33-22-11-19(29(36)37)12-23(15-22)34-17(2)5-9-26(34)24-13-20(30)7-10-27(24)38-16-18-6-8-21(31)14-25(18)32;1-15-3-7-24(31(15)21-10-17(26(32)33-2)9-20(30)13-21)22-11-18(27)5-8-25(22)34-14-16-4-6-19(28)12-23(16)29/h5-15H,3-4,16H2,1-2H3,(H,33,35)(H,36,37);3-13H,14,30H2,1-2H3. The lowest BCUT2D eigenvalue weighted by Crippen LogP contribution is -2.12. The molecule has 0 bridgehead atoms. The summed E-state index contributed by atoms with van der Waals surface area (Å²) < 4.78 is 77.0. The number of carboxylic acid groups (broad SMARTS) is 1. The van der Waals surface area contributed by atoms with Crippen LogP contribution < -0.4 is 20.5 Å². The molecule has 0 fully saturated rings. The zero-order chi connectivity index (χ0) is 51.8. The van der Waals surface area contributed by atoms with E-state index in [0.717, 1.165) is 43.7 Å². The zero-order valence-electron chi connectivity index (χ0n) is 39.2. The number of nitrogens with two attached hydrogens (primary N) is 1. The largest absolute Gasteiger partial charge is 0.488 e. The van der Waals surface area contributed by atoms with Crippen LogP contribution >= 0.6 is 31.9 Å². The Bertz CT molecular complexity index is 3340. The van der Waals surface area contributed by atoms with Gasteiger partial charge in [-0.15, -0.1) is 0 Å². The van der Waals surface area contributed by atoms with Crippen molar-refractivity contribution in [3.63, 3.8) is 0 Å². The van der Waals surface area contributed by atoms with Gasteiger partial charge in [0.05, 0.1) is 29.6 Å². The van der Waals surface area contributed by atoms with Crippen LogP contribution in [0.4, 0.5) is 28.9 Å². The number of anilines is 2. The highest BCUT2D eigenvalue weighted by atomic mass is 79.9. The second-order valence-corrected chi connectivity index (χ2v) is 18.2. The van der Waals surface area contributed by atoms with Crippen LogP contribution in [0, 0.1) is 37.1 Å². The smallest absolute Gasteiger partial charge is 0.337 e. The molecule has 2 aromatic heterocycles. The summed E-state index contributed by atoms with van der Waals surface area (Å²) in [5.41, 5.74) is 13.4. The second kappa shape index (κ2) is 23.1. The Morgan fingerprint density at radius 1 is 0.625 bits per heavy atom. The Morgan fingerprint density at radius 3 is 1.60 bits per heavy atom. The van der Waals surface area contributed by atoms with Gasteiger partial charge in [-0.3, -0.25) is 4.79 Å². The van der Waals surface area contributed by atoms with E-state index >= 15 is 0 Å². The Morgan fingerprint density at radius 2 is 1.12 bits per heavy atom. The molecule has 0 atom stereocenters. The highest BCUT2D eigenvalue weighted by molar-refractivity contribution is 9.10. The first-order valence-electron chi connectivity index (χ1n) is 22.2. The predicted octanol–water partition coefficient (Wildman–Crippen LogP) is 14.0. The molecule has 0 aliphatic rings. The normalized spacial score (nSPS) is 10.9. The number of nitrogens with one attached hydrogen (secondary N) is 1. The number of ether oxygens (including phenoxy) is 3. The Kier molecular flexibility index (Phi) is 16.7. The molecule has 17 heteroatoms. The molecule has 0 saturated carbocycles. The number of methoxy groups -OCH3 is 1. The van der Waals surface area contributed by atoms with Crippen molar-refractivity contribution in [3.05, 3.63) is 199 Å². The number of nitrogens with zero attached hydrogens (tertiary/aromatic N) is 2. The van der Waals surface area contributed by atoms with Gasteiger partial charge < -0.3 is 39.5 Å². The van der Waals surface area contributed by atoms with Gasteiger partial charge in [-0.2, -0.15) is 0 Å². The van der Waals surface area contributed by atoms with Gasteiger partial charge in [0.25, 0.3) is 0 Å². The van der Waals surface area contributed by atoms with E-state index in [9.17, 15) is 37.1 Å². The summed E-state index contributed by atoms with van der Waals surface area (Å²) in [5.74, 6) is -3.57. The van der Waals surface area contributed by atoms with Gasteiger partial charge in [0.2, 0.25) is 5.91 Å². The monoisotopic (exact) mass is 1110 g/mol. The van der Waals surface area contributed by atoms with E-state index in [1.807, 2.05) is 72.4 Å². The van der Waals surface area contributed by atoms with E-state index in [0.29, 0.717) is 63.9 Å². The number of aromatic carboxylic acids is 1.